The maximum atomic E-state index is 12.3. The number of nitrogens with one attached hydrogen (secondary N) is 1. The topological polar surface area (TPSA) is 99.4 Å². The maximum Gasteiger partial charge on any atom is 0.277 e. The Bertz CT molecular complexity index is 1150. The van der Waals surface area contributed by atoms with Crippen LogP contribution in [0.1, 0.15) is 0 Å². The summed E-state index contributed by atoms with van der Waals surface area (Å²) in [6.45, 7) is 0. The molecule has 0 atom stereocenters. The molecule has 0 radical (unpaired) electrons. The Morgan fingerprint density at radius 1 is 1.06 bits per heavy atom. The number of carbonyl (C=O) groups excluding carboxylic acids is 1. The van der Waals surface area contributed by atoms with Crippen LogP contribution in [-0.4, -0.2) is 41.1 Å². The van der Waals surface area contributed by atoms with Gasteiger partial charge in [-0.2, -0.15) is 0 Å². The van der Waals surface area contributed by atoms with Crippen LogP contribution in [0, 0.1) is 0 Å². The summed E-state index contributed by atoms with van der Waals surface area (Å²) in [4.78, 5) is 16.7. The molecule has 10 heteroatoms. The van der Waals surface area contributed by atoms with Crippen LogP contribution in [-0.2, 0) is 4.79 Å². The summed E-state index contributed by atoms with van der Waals surface area (Å²) >= 11 is 2.52. The number of nitrogens with zero attached hydrogens (tertiary/aromatic N) is 3. The van der Waals surface area contributed by atoms with Gasteiger partial charge in [0.2, 0.25) is 11.8 Å². The van der Waals surface area contributed by atoms with Gasteiger partial charge in [-0.25, -0.2) is 4.98 Å². The Labute approximate surface area is 186 Å². The highest BCUT2D eigenvalue weighted by molar-refractivity contribution is 7.99. The van der Waals surface area contributed by atoms with Gasteiger partial charge in [-0.3, -0.25) is 4.79 Å². The van der Waals surface area contributed by atoms with Gasteiger partial charge in [0, 0.05) is 22.6 Å². The lowest BCUT2D eigenvalue weighted by atomic mass is 10.2. The molecular formula is C21H18N4O4S2. The van der Waals surface area contributed by atoms with E-state index in [1.165, 1.54) is 11.3 Å². The molecule has 0 bridgehead atoms. The average Bonchev–Trinajstić information content (AvgIpc) is 3.48. The lowest BCUT2D eigenvalue weighted by Gasteiger charge is -2.05. The molecule has 2 aromatic heterocycles. The summed E-state index contributed by atoms with van der Waals surface area (Å²) in [6.07, 6.45) is 0. The van der Waals surface area contributed by atoms with Crippen LogP contribution >= 0.6 is 23.1 Å². The van der Waals surface area contributed by atoms with E-state index in [0.717, 1.165) is 23.0 Å². The van der Waals surface area contributed by atoms with E-state index in [1.54, 1.807) is 32.4 Å². The predicted octanol–water partition coefficient (Wildman–Crippen LogP) is 4.61. The fourth-order valence-corrected chi connectivity index (χ4v) is 3.97. The summed E-state index contributed by atoms with van der Waals surface area (Å²) in [5, 5.41) is 13.6. The zero-order valence-corrected chi connectivity index (χ0v) is 18.3. The van der Waals surface area contributed by atoms with Crippen LogP contribution in [0.25, 0.3) is 22.7 Å². The first-order valence-corrected chi connectivity index (χ1v) is 11.0. The number of amides is 1. The molecule has 0 unspecified atom stereocenters. The number of aromatic nitrogens is 3. The van der Waals surface area contributed by atoms with E-state index in [0.29, 0.717) is 28.1 Å². The van der Waals surface area contributed by atoms with E-state index >= 15 is 0 Å². The SMILES string of the molecule is COc1cc(OC)cc(-c2nnc(SCC(=O)Nc3nc(-c4ccccc4)cs3)o2)c1. The average molecular weight is 455 g/mol. The molecule has 4 aromatic rings. The van der Waals surface area contributed by atoms with E-state index in [1.807, 2.05) is 35.7 Å². The Morgan fingerprint density at radius 2 is 1.81 bits per heavy atom. The van der Waals surface area contributed by atoms with Gasteiger partial charge >= 0.3 is 0 Å². The fourth-order valence-electron chi connectivity index (χ4n) is 2.67. The minimum absolute atomic E-state index is 0.114. The molecular weight excluding hydrogens is 436 g/mol. The predicted molar refractivity (Wildman–Crippen MR) is 120 cm³/mol. The van der Waals surface area contributed by atoms with Gasteiger partial charge in [-0.05, 0) is 12.1 Å². The molecule has 0 saturated carbocycles. The highest BCUT2D eigenvalue weighted by atomic mass is 32.2. The van der Waals surface area contributed by atoms with Gasteiger partial charge in [0.25, 0.3) is 5.22 Å². The lowest BCUT2D eigenvalue weighted by Crippen LogP contribution is -2.13. The van der Waals surface area contributed by atoms with Crippen molar-refractivity contribution in [3.63, 3.8) is 0 Å². The molecule has 158 valence electrons. The summed E-state index contributed by atoms with van der Waals surface area (Å²) in [5.74, 6) is 1.44. The molecule has 0 spiro atoms. The number of hydrogen-bond acceptors (Lipinski definition) is 9. The van der Waals surface area contributed by atoms with E-state index in [9.17, 15) is 4.79 Å². The van der Waals surface area contributed by atoms with Crippen LogP contribution in [0.4, 0.5) is 5.13 Å². The minimum atomic E-state index is -0.207. The largest absolute Gasteiger partial charge is 0.497 e. The van der Waals surface area contributed by atoms with E-state index in [4.69, 9.17) is 13.9 Å². The lowest BCUT2D eigenvalue weighted by molar-refractivity contribution is -0.113. The van der Waals surface area contributed by atoms with E-state index < -0.39 is 0 Å². The maximum absolute atomic E-state index is 12.3. The second-order valence-corrected chi connectivity index (χ2v) is 8.00. The van der Waals surface area contributed by atoms with Gasteiger partial charge in [-0.15, -0.1) is 21.5 Å². The molecule has 1 N–H and O–H groups in total. The van der Waals surface area contributed by atoms with Crippen LogP contribution in [0.2, 0.25) is 0 Å². The van der Waals surface area contributed by atoms with Gasteiger partial charge in [0.1, 0.15) is 11.5 Å². The number of ether oxygens (including phenoxy) is 2. The van der Waals surface area contributed by atoms with E-state index in [-0.39, 0.29) is 16.9 Å². The van der Waals surface area contributed by atoms with Gasteiger partial charge in [-0.1, -0.05) is 42.1 Å². The highest BCUT2D eigenvalue weighted by Crippen LogP contribution is 2.30. The number of carbonyl (C=O) groups is 1. The molecule has 0 aliphatic rings. The van der Waals surface area contributed by atoms with Crippen molar-refractivity contribution in [2.45, 2.75) is 5.22 Å². The Hall–Kier alpha value is -3.37. The van der Waals surface area contributed by atoms with Gasteiger partial charge in [0.15, 0.2) is 5.13 Å². The quantitative estimate of drug-likeness (QED) is 0.385. The number of thiazole rings is 1. The van der Waals surface area contributed by atoms with Crippen molar-refractivity contribution in [2.24, 2.45) is 0 Å². The highest BCUT2D eigenvalue weighted by Gasteiger charge is 2.14. The Balaban J connectivity index is 1.36. The smallest absolute Gasteiger partial charge is 0.277 e. The van der Waals surface area contributed by atoms with Crippen molar-refractivity contribution in [3.8, 4) is 34.2 Å². The van der Waals surface area contributed by atoms with Crippen LogP contribution < -0.4 is 14.8 Å². The summed E-state index contributed by atoms with van der Waals surface area (Å²) < 4.78 is 16.2. The van der Waals surface area contributed by atoms with Crippen molar-refractivity contribution in [3.05, 3.63) is 53.9 Å². The molecule has 2 heterocycles. The first kappa shape index (κ1) is 20.9. The number of hydrogen-bond donors (Lipinski definition) is 1. The first-order valence-electron chi connectivity index (χ1n) is 9.15. The summed E-state index contributed by atoms with van der Waals surface area (Å²) in [5.41, 5.74) is 2.49. The number of thioether (sulfide) groups is 1. The molecule has 31 heavy (non-hydrogen) atoms. The third kappa shape index (κ3) is 5.22. The van der Waals surface area contributed by atoms with Gasteiger partial charge in [0.05, 0.1) is 25.7 Å². The fraction of sp³-hybridized carbons (Fsp3) is 0.143. The Morgan fingerprint density at radius 3 is 2.52 bits per heavy atom. The molecule has 2 aromatic carbocycles. The standard InChI is InChI=1S/C21H18N4O4S2/c1-27-15-8-14(9-16(10-15)28-2)19-24-25-21(29-19)31-12-18(26)23-20-22-17(11-30-20)13-6-4-3-5-7-13/h3-11H,12H2,1-2H3,(H,22,23,26). The normalized spacial score (nSPS) is 10.6. The van der Waals surface area contributed by atoms with Crippen molar-refractivity contribution < 1.29 is 18.7 Å². The third-order valence-electron chi connectivity index (χ3n) is 4.15. The van der Waals surface area contributed by atoms with Crippen molar-refractivity contribution in [2.75, 3.05) is 25.3 Å². The minimum Gasteiger partial charge on any atom is -0.497 e. The van der Waals surface area contributed by atoms with Crippen molar-refractivity contribution in [1.82, 2.24) is 15.2 Å². The molecule has 1 amide bonds. The van der Waals surface area contributed by atoms with Crippen LogP contribution in [0.3, 0.4) is 0 Å². The van der Waals surface area contributed by atoms with Crippen LogP contribution in [0.15, 0.2) is 63.6 Å². The number of methoxy groups -OCH3 is 2. The summed E-state index contributed by atoms with van der Waals surface area (Å²) in [6, 6.07) is 15.1. The monoisotopic (exact) mass is 454 g/mol. The second kappa shape index (κ2) is 9.63. The molecule has 0 aliphatic heterocycles. The number of rotatable bonds is 8. The summed E-state index contributed by atoms with van der Waals surface area (Å²) in [7, 11) is 3.13. The zero-order valence-electron chi connectivity index (χ0n) is 16.7. The molecule has 0 fully saturated rings. The third-order valence-corrected chi connectivity index (χ3v) is 5.73. The van der Waals surface area contributed by atoms with Crippen LogP contribution in [0.5, 0.6) is 11.5 Å². The molecule has 4 rings (SSSR count). The van der Waals surface area contributed by atoms with Crippen molar-refractivity contribution >= 4 is 34.1 Å². The first-order chi connectivity index (χ1) is 15.1. The number of benzene rings is 2. The van der Waals surface area contributed by atoms with Crippen molar-refractivity contribution in [1.29, 1.82) is 0 Å². The zero-order chi connectivity index (χ0) is 21.6. The van der Waals surface area contributed by atoms with Gasteiger partial charge < -0.3 is 19.2 Å². The van der Waals surface area contributed by atoms with E-state index in [2.05, 4.69) is 20.5 Å². The second-order valence-electron chi connectivity index (χ2n) is 6.22. The Kier molecular flexibility index (Phi) is 6.48. The molecule has 0 saturated heterocycles. The number of anilines is 1. The molecule has 8 nitrogen and oxygen atoms in total. The molecule has 0 aliphatic carbocycles.